The monoisotopic (exact) mass is 375 g/mol. The smallest absolute Gasteiger partial charge is 0.319 e. The fraction of sp³-hybridized carbons (Fsp3) is 0.235. The molecule has 0 saturated carbocycles. The summed E-state index contributed by atoms with van der Waals surface area (Å²) in [5, 5.41) is 7.40. The van der Waals surface area contributed by atoms with Crippen LogP contribution in [0.3, 0.4) is 0 Å². The number of hydrogen-bond acceptors (Lipinski definition) is 6. The van der Waals surface area contributed by atoms with Gasteiger partial charge in [0.2, 0.25) is 0 Å². The summed E-state index contributed by atoms with van der Waals surface area (Å²) in [5.74, 6) is -1.31. The maximum atomic E-state index is 15.1. The van der Waals surface area contributed by atoms with Gasteiger partial charge in [0.1, 0.15) is 11.6 Å². The lowest BCUT2D eigenvalue weighted by Crippen LogP contribution is -2.36. The van der Waals surface area contributed by atoms with Gasteiger partial charge in [0.05, 0.1) is 17.4 Å². The molecule has 1 N–H and O–H groups in total. The molecule has 5 rings (SSSR count). The predicted octanol–water partition coefficient (Wildman–Crippen LogP) is 3.77. The molecule has 1 aliphatic heterocycles. The lowest BCUT2D eigenvalue weighted by Gasteiger charge is -2.32. The number of rotatable bonds is 3. The third kappa shape index (κ3) is 2.40. The molecule has 138 valence electrons. The Kier molecular flexibility index (Phi) is 3.46. The summed E-state index contributed by atoms with van der Waals surface area (Å²) in [4.78, 5) is 8.83. The van der Waals surface area contributed by atoms with Crippen LogP contribution in [0.5, 0.6) is 0 Å². The Morgan fingerprint density at radius 3 is 2.81 bits per heavy atom. The number of anilines is 1. The molecule has 27 heavy (non-hydrogen) atoms. The largest absolute Gasteiger partial charge is 0.455 e. The van der Waals surface area contributed by atoms with Crippen molar-refractivity contribution in [3.05, 3.63) is 59.4 Å². The number of nitrogens with one attached hydrogen (secondary N) is 1. The van der Waals surface area contributed by atoms with Gasteiger partial charge in [-0.2, -0.15) is 8.78 Å². The van der Waals surface area contributed by atoms with Gasteiger partial charge < -0.3 is 18.7 Å². The maximum absolute atomic E-state index is 15.1. The predicted molar refractivity (Wildman–Crippen MR) is 86.9 cm³/mol. The van der Waals surface area contributed by atoms with E-state index in [0.29, 0.717) is 29.6 Å². The summed E-state index contributed by atoms with van der Waals surface area (Å²) in [6.07, 6.45) is -0.862. The molecule has 0 bridgehead atoms. The van der Waals surface area contributed by atoms with Crippen molar-refractivity contribution in [2.45, 2.75) is 18.9 Å². The van der Waals surface area contributed by atoms with E-state index in [1.165, 1.54) is 11.2 Å². The zero-order chi connectivity index (χ0) is 18.5. The van der Waals surface area contributed by atoms with Crippen molar-refractivity contribution in [2.75, 3.05) is 11.4 Å². The van der Waals surface area contributed by atoms with Gasteiger partial charge in [-0.15, -0.1) is 5.10 Å². The number of fused-ring (bicyclic) bond motifs is 2. The van der Waals surface area contributed by atoms with Crippen molar-refractivity contribution < 1.29 is 22.0 Å². The normalized spacial score (nSPS) is 17.0. The second-order valence-corrected chi connectivity index (χ2v) is 6.11. The SMILES string of the molecule is Fc1c([C@@H]2c3nc[nH]c3CCN2c2nnc(C(F)F)o2)oc2ccccc12. The second kappa shape index (κ2) is 5.86. The Morgan fingerprint density at radius 2 is 2.04 bits per heavy atom. The molecule has 7 nitrogen and oxygen atoms in total. The lowest BCUT2D eigenvalue weighted by atomic mass is 10.0. The summed E-state index contributed by atoms with van der Waals surface area (Å²) in [6.45, 7) is 0.335. The number of imidazole rings is 1. The Balaban J connectivity index is 1.67. The van der Waals surface area contributed by atoms with Gasteiger partial charge in [-0.25, -0.2) is 9.37 Å². The Hall–Kier alpha value is -3.30. The highest BCUT2D eigenvalue weighted by Crippen LogP contribution is 2.40. The molecular weight excluding hydrogens is 363 g/mol. The number of benzene rings is 1. The van der Waals surface area contributed by atoms with Crippen LogP contribution < -0.4 is 4.90 Å². The van der Waals surface area contributed by atoms with Crippen molar-refractivity contribution in [3.63, 3.8) is 0 Å². The third-order valence-corrected chi connectivity index (χ3v) is 4.60. The number of aromatic amines is 1. The van der Waals surface area contributed by atoms with Gasteiger partial charge >= 0.3 is 12.4 Å². The molecule has 0 fully saturated rings. The first-order chi connectivity index (χ1) is 13.1. The molecule has 4 aromatic rings. The molecule has 1 aromatic carbocycles. The number of para-hydroxylation sites is 1. The molecule has 0 aliphatic carbocycles. The molecule has 1 aliphatic rings. The van der Waals surface area contributed by atoms with Crippen LogP contribution in [0.1, 0.15) is 35.5 Å². The molecule has 0 spiro atoms. The number of hydrogen-bond donors (Lipinski definition) is 1. The van der Waals surface area contributed by atoms with E-state index in [2.05, 4.69) is 20.2 Å². The summed E-state index contributed by atoms with van der Waals surface area (Å²) in [5.41, 5.74) is 1.71. The Bertz CT molecular complexity index is 1120. The number of H-pyrrole nitrogens is 1. The number of aromatic nitrogens is 4. The highest BCUT2D eigenvalue weighted by Gasteiger charge is 2.39. The zero-order valence-electron chi connectivity index (χ0n) is 13.7. The third-order valence-electron chi connectivity index (χ3n) is 4.60. The van der Waals surface area contributed by atoms with Crippen LogP contribution in [0.15, 0.2) is 39.4 Å². The highest BCUT2D eigenvalue weighted by molar-refractivity contribution is 5.79. The van der Waals surface area contributed by atoms with E-state index >= 15 is 4.39 Å². The lowest BCUT2D eigenvalue weighted by molar-refractivity contribution is 0.115. The molecular formula is C17H12F3N5O2. The fourth-order valence-corrected chi connectivity index (χ4v) is 3.39. The molecule has 4 heterocycles. The van der Waals surface area contributed by atoms with E-state index in [9.17, 15) is 8.78 Å². The molecule has 0 radical (unpaired) electrons. The maximum Gasteiger partial charge on any atom is 0.319 e. The topological polar surface area (TPSA) is 84.0 Å². The van der Waals surface area contributed by atoms with Gasteiger partial charge in [0, 0.05) is 18.7 Å². The number of halogens is 3. The first-order valence-corrected chi connectivity index (χ1v) is 8.20. The van der Waals surface area contributed by atoms with Crippen molar-refractivity contribution in [1.29, 1.82) is 0 Å². The molecule has 0 amide bonds. The van der Waals surface area contributed by atoms with Crippen molar-refractivity contribution >= 4 is 17.0 Å². The molecule has 1 atom stereocenters. The Labute approximate surface area is 149 Å². The Morgan fingerprint density at radius 1 is 1.19 bits per heavy atom. The summed E-state index contributed by atoms with van der Waals surface area (Å²) in [6, 6.07) is 5.75. The standard InChI is InChI=1S/C17H12F3N5O2/c18-11-8-3-1-2-4-10(8)26-14(11)13-12-9(21-7-22-12)5-6-25(13)17-24-23-16(27-17)15(19)20/h1-4,7,13,15H,5-6H2,(H,21,22)/t13-/m0/s1. The van der Waals surface area contributed by atoms with E-state index in [1.54, 1.807) is 24.3 Å². The minimum atomic E-state index is -2.89. The summed E-state index contributed by atoms with van der Waals surface area (Å²) in [7, 11) is 0. The molecule has 0 saturated heterocycles. The fourth-order valence-electron chi connectivity index (χ4n) is 3.39. The number of alkyl halides is 2. The van der Waals surface area contributed by atoms with Crippen LogP contribution >= 0.6 is 0 Å². The molecule has 10 heteroatoms. The van der Waals surface area contributed by atoms with Crippen LogP contribution in [0.25, 0.3) is 11.0 Å². The van der Waals surface area contributed by atoms with Gasteiger partial charge in [-0.3, -0.25) is 0 Å². The van der Waals surface area contributed by atoms with Crippen LogP contribution in [0.4, 0.5) is 19.2 Å². The van der Waals surface area contributed by atoms with Gasteiger partial charge in [-0.1, -0.05) is 17.2 Å². The number of furan rings is 1. The minimum absolute atomic E-state index is 0.0149. The first-order valence-electron chi connectivity index (χ1n) is 8.20. The van der Waals surface area contributed by atoms with Crippen LogP contribution in [0.2, 0.25) is 0 Å². The first kappa shape index (κ1) is 15.9. The van der Waals surface area contributed by atoms with Crippen LogP contribution in [0, 0.1) is 5.82 Å². The van der Waals surface area contributed by atoms with Gasteiger partial charge in [0.15, 0.2) is 11.6 Å². The second-order valence-electron chi connectivity index (χ2n) is 6.11. The van der Waals surface area contributed by atoms with Crippen molar-refractivity contribution in [2.24, 2.45) is 0 Å². The van der Waals surface area contributed by atoms with E-state index in [0.717, 1.165) is 5.69 Å². The van der Waals surface area contributed by atoms with Crippen molar-refractivity contribution in [3.8, 4) is 0 Å². The average molecular weight is 375 g/mol. The summed E-state index contributed by atoms with van der Waals surface area (Å²) < 4.78 is 51.6. The molecule has 0 unspecified atom stereocenters. The minimum Gasteiger partial charge on any atom is -0.455 e. The van der Waals surface area contributed by atoms with Crippen molar-refractivity contribution in [1.82, 2.24) is 20.2 Å². The van der Waals surface area contributed by atoms with Gasteiger partial charge in [0.25, 0.3) is 5.89 Å². The molecule has 3 aromatic heterocycles. The van der Waals surface area contributed by atoms with Crippen LogP contribution in [-0.4, -0.2) is 26.7 Å². The number of nitrogens with zero attached hydrogens (tertiary/aromatic N) is 4. The average Bonchev–Trinajstić information content (AvgIpc) is 3.39. The van der Waals surface area contributed by atoms with Gasteiger partial charge in [-0.05, 0) is 12.1 Å². The van der Waals surface area contributed by atoms with E-state index in [-0.39, 0.29) is 11.8 Å². The van der Waals surface area contributed by atoms with E-state index < -0.39 is 24.2 Å². The highest BCUT2D eigenvalue weighted by atomic mass is 19.3. The summed E-state index contributed by atoms with van der Waals surface area (Å²) >= 11 is 0. The van der Waals surface area contributed by atoms with Crippen LogP contribution in [-0.2, 0) is 6.42 Å². The van der Waals surface area contributed by atoms with E-state index in [1.807, 2.05) is 0 Å². The van der Waals surface area contributed by atoms with E-state index in [4.69, 9.17) is 8.83 Å². The zero-order valence-corrected chi connectivity index (χ0v) is 13.7. The quantitative estimate of drug-likeness (QED) is 0.587.